The number of carbonyl (C=O) groups is 2. The number of hydrogen-bond donors (Lipinski definition) is 4. The van der Waals surface area contributed by atoms with Crippen LogP contribution < -0.4 is 10.6 Å². The van der Waals surface area contributed by atoms with Gasteiger partial charge in [-0.15, -0.1) is 0 Å². The van der Waals surface area contributed by atoms with Crippen LogP contribution >= 0.6 is 12.6 Å². The number of aliphatic carboxylic acids is 1. The van der Waals surface area contributed by atoms with E-state index in [9.17, 15) is 14.7 Å². The zero-order valence-corrected chi connectivity index (χ0v) is 13.4. The first kappa shape index (κ1) is 17.5. The molecule has 0 aliphatic heterocycles. The monoisotopic (exact) mass is 310 g/mol. The highest BCUT2D eigenvalue weighted by atomic mass is 32.1. The van der Waals surface area contributed by atoms with E-state index in [1.54, 1.807) is 20.9 Å². The van der Waals surface area contributed by atoms with Gasteiger partial charge in [0, 0.05) is 4.75 Å². The fourth-order valence-electron chi connectivity index (χ4n) is 1.96. The number of benzene rings is 1. The number of likely N-dealkylation sites (N-methyl/N-ethyl adjacent to an activating group) is 1. The molecule has 0 aliphatic carbocycles. The second-order valence-electron chi connectivity index (χ2n) is 5.46. The normalized spacial score (nSPS) is 14.3. The molecule has 0 radical (unpaired) electrons. The van der Waals surface area contributed by atoms with Crippen LogP contribution in [-0.4, -0.2) is 40.9 Å². The van der Waals surface area contributed by atoms with Gasteiger partial charge in [-0.2, -0.15) is 12.6 Å². The second-order valence-corrected chi connectivity index (χ2v) is 6.62. The van der Waals surface area contributed by atoms with Gasteiger partial charge in [-0.05, 0) is 32.9 Å². The van der Waals surface area contributed by atoms with Crippen molar-refractivity contribution in [1.29, 1.82) is 0 Å². The predicted octanol–water partition coefficient (Wildman–Crippen LogP) is 1.09. The van der Waals surface area contributed by atoms with Gasteiger partial charge in [-0.3, -0.25) is 4.79 Å². The van der Waals surface area contributed by atoms with Crippen LogP contribution in [0.15, 0.2) is 30.3 Å². The molecule has 0 unspecified atom stereocenters. The quantitative estimate of drug-likeness (QED) is 0.569. The number of carboxylic acids is 1. The van der Waals surface area contributed by atoms with Crippen LogP contribution in [0, 0.1) is 0 Å². The fourth-order valence-corrected chi connectivity index (χ4v) is 2.13. The summed E-state index contributed by atoms with van der Waals surface area (Å²) in [6, 6.07) is 8.00. The van der Waals surface area contributed by atoms with Crippen molar-refractivity contribution < 1.29 is 14.7 Å². The van der Waals surface area contributed by atoms with Crippen molar-refractivity contribution in [2.45, 2.75) is 37.1 Å². The molecule has 1 amide bonds. The van der Waals surface area contributed by atoms with Gasteiger partial charge >= 0.3 is 5.97 Å². The number of carbonyl (C=O) groups excluding carboxylic acids is 1. The van der Waals surface area contributed by atoms with E-state index in [2.05, 4.69) is 23.3 Å². The highest BCUT2D eigenvalue weighted by molar-refractivity contribution is 7.81. The van der Waals surface area contributed by atoms with E-state index in [4.69, 9.17) is 0 Å². The molecule has 0 aromatic heterocycles. The van der Waals surface area contributed by atoms with Crippen LogP contribution in [-0.2, 0) is 16.0 Å². The number of thiol groups is 1. The van der Waals surface area contributed by atoms with Crippen LogP contribution in [0.2, 0.25) is 0 Å². The van der Waals surface area contributed by atoms with E-state index in [1.165, 1.54) is 0 Å². The van der Waals surface area contributed by atoms with E-state index in [-0.39, 0.29) is 5.91 Å². The molecule has 0 saturated heterocycles. The molecular weight excluding hydrogens is 288 g/mol. The second kappa shape index (κ2) is 7.47. The first-order chi connectivity index (χ1) is 9.75. The predicted molar refractivity (Wildman–Crippen MR) is 85.6 cm³/mol. The zero-order valence-electron chi connectivity index (χ0n) is 12.5. The largest absolute Gasteiger partial charge is 0.480 e. The minimum Gasteiger partial charge on any atom is -0.480 e. The van der Waals surface area contributed by atoms with Crippen LogP contribution in [0.3, 0.4) is 0 Å². The van der Waals surface area contributed by atoms with Gasteiger partial charge in [-0.1, -0.05) is 30.3 Å². The Bertz CT molecular complexity index is 485. The summed E-state index contributed by atoms with van der Waals surface area (Å²) in [4.78, 5) is 23.5. The van der Waals surface area contributed by atoms with Crippen molar-refractivity contribution in [3.8, 4) is 0 Å². The topological polar surface area (TPSA) is 78.4 Å². The van der Waals surface area contributed by atoms with Crippen molar-refractivity contribution in [3.63, 3.8) is 0 Å². The van der Waals surface area contributed by atoms with Crippen molar-refractivity contribution in [1.82, 2.24) is 10.6 Å². The maximum Gasteiger partial charge on any atom is 0.327 e. The molecule has 21 heavy (non-hydrogen) atoms. The smallest absolute Gasteiger partial charge is 0.327 e. The molecule has 0 heterocycles. The van der Waals surface area contributed by atoms with Crippen LogP contribution in [0.1, 0.15) is 19.4 Å². The number of amides is 1. The average molecular weight is 310 g/mol. The fraction of sp³-hybridized carbons (Fsp3) is 0.467. The maximum absolute atomic E-state index is 12.3. The highest BCUT2D eigenvalue weighted by Crippen LogP contribution is 2.18. The summed E-state index contributed by atoms with van der Waals surface area (Å²) in [5.74, 6) is -1.45. The molecule has 6 heteroatoms. The Kier molecular flexibility index (Phi) is 6.23. The molecule has 3 N–H and O–H groups in total. The van der Waals surface area contributed by atoms with Crippen molar-refractivity contribution >= 4 is 24.5 Å². The summed E-state index contributed by atoms with van der Waals surface area (Å²) in [7, 11) is 1.68. The minimum absolute atomic E-state index is 0.351. The molecule has 0 spiro atoms. The molecule has 0 bridgehead atoms. The Morgan fingerprint density at radius 1 is 1.29 bits per heavy atom. The van der Waals surface area contributed by atoms with Crippen LogP contribution in [0.5, 0.6) is 0 Å². The Balaban J connectivity index is 2.77. The number of nitrogens with one attached hydrogen (secondary N) is 2. The highest BCUT2D eigenvalue weighted by Gasteiger charge is 2.34. The van der Waals surface area contributed by atoms with Crippen molar-refractivity contribution in [2.75, 3.05) is 7.05 Å². The van der Waals surface area contributed by atoms with E-state index >= 15 is 0 Å². The zero-order chi connectivity index (χ0) is 16.0. The third kappa shape index (κ3) is 5.40. The van der Waals surface area contributed by atoms with Crippen molar-refractivity contribution in [3.05, 3.63) is 35.9 Å². The third-order valence-corrected chi connectivity index (χ3v) is 3.45. The lowest BCUT2D eigenvalue weighted by Gasteiger charge is -2.28. The molecule has 0 fully saturated rings. The summed E-state index contributed by atoms with van der Waals surface area (Å²) in [6.45, 7) is 3.31. The van der Waals surface area contributed by atoms with Crippen molar-refractivity contribution in [2.24, 2.45) is 0 Å². The number of hydrogen-bond acceptors (Lipinski definition) is 4. The molecule has 5 nitrogen and oxygen atoms in total. The van der Waals surface area contributed by atoms with Gasteiger partial charge < -0.3 is 15.7 Å². The lowest BCUT2D eigenvalue weighted by atomic mass is 10.0. The Labute approximate surface area is 130 Å². The molecule has 2 atom stereocenters. The SMILES string of the molecule is CN[C@@H](Cc1ccccc1)C(=O)N[C@@H](C(=O)O)C(C)(C)S. The van der Waals surface area contributed by atoms with E-state index in [0.29, 0.717) is 6.42 Å². The first-order valence-electron chi connectivity index (χ1n) is 6.72. The Morgan fingerprint density at radius 2 is 1.86 bits per heavy atom. The van der Waals surface area contributed by atoms with Gasteiger partial charge in [0.25, 0.3) is 0 Å². The summed E-state index contributed by atoms with van der Waals surface area (Å²) in [6.07, 6.45) is 0.489. The van der Waals surface area contributed by atoms with E-state index in [1.807, 2.05) is 30.3 Å². The molecule has 0 aliphatic rings. The molecule has 116 valence electrons. The van der Waals surface area contributed by atoms with Crippen LogP contribution in [0.4, 0.5) is 0 Å². The maximum atomic E-state index is 12.3. The lowest BCUT2D eigenvalue weighted by Crippen LogP contribution is -2.56. The van der Waals surface area contributed by atoms with Gasteiger partial charge in [-0.25, -0.2) is 4.79 Å². The summed E-state index contributed by atoms with van der Waals surface area (Å²) >= 11 is 4.24. The number of rotatable bonds is 7. The minimum atomic E-state index is -1.10. The number of carboxylic acid groups (broad SMARTS) is 1. The molecule has 1 aromatic carbocycles. The summed E-state index contributed by atoms with van der Waals surface area (Å²) in [5.41, 5.74) is 1.00. The average Bonchev–Trinajstić information content (AvgIpc) is 2.41. The first-order valence-corrected chi connectivity index (χ1v) is 7.17. The van der Waals surface area contributed by atoms with E-state index < -0.39 is 22.8 Å². The van der Waals surface area contributed by atoms with Gasteiger partial charge in [0.1, 0.15) is 6.04 Å². The summed E-state index contributed by atoms with van der Waals surface area (Å²) in [5, 5.41) is 14.7. The van der Waals surface area contributed by atoms with E-state index in [0.717, 1.165) is 5.56 Å². The Hall–Kier alpha value is -1.53. The van der Waals surface area contributed by atoms with Crippen LogP contribution in [0.25, 0.3) is 0 Å². The Morgan fingerprint density at radius 3 is 2.29 bits per heavy atom. The molecule has 0 saturated carbocycles. The molecular formula is C15H22N2O3S. The third-order valence-electron chi connectivity index (χ3n) is 3.19. The molecule has 1 aromatic rings. The van der Waals surface area contributed by atoms with Gasteiger partial charge in [0.15, 0.2) is 0 Å². The van der Waals surface area contributed by atoms with Gasteiger partial charge in [0.2, 0.25) is 5.91 Å². The summed E-state index contributed by atoms with van der Waals surface area (Å²) < 4.78 is -0.855. The standard InChI is InChI=1S/C15H22N2O3S/c1-15(2,21)12(14(19)20)17-13(18)11(16-3)9-10-7-5-4-6-8-10/h4-8,11-12,16,21H,9H2,1-3H3,(H,17,18)(H,19,20)/t11-,12-/m0/s1. The van der Waals surface area contributed by atoms with Gasteiger partial charge in [0.05, 0.1) is 6.04 Å². The molecule has 1 rings (SSSR count). The lowest BCUT2D eigenvalue weighted by molar-refractivity contribution is -0.142.